The van der Waals surface area contributed by atoms with Crippen LogP contribution in [0.3, 0.4) is 0 Å². The van der Waals surface area contributed by atoms with Crippen LogP contribution < -0.4 is 5.32 Å². The van der Waals surface area contributed by atoms with Crippen molar-refractivity contribution in [3.8, 4) is 0 Å². The third kappa shape index (κ3) is 2.70. The molecule has 0 saturated heterocycles. The Labute approximate surface area is 85.2 Å². The molecule has 0 saturated carbocycles. The quantitative estimate of drug-likeness (QED) is 0.771. The highest BCUT2D eigenvalue weighted by Crippen LogP contribution is 2.17. The first kappa shape index (κ1) is 11.0. The average molecular weight is 194 g/mol. The second kappa shape index (κ2) is 4.96. The maximum absolute atomic E-state index is 9.08. The van der Waals surface area contributed by atoms with Crippen LogP contribution >= 0.6 is 0 Å². The highest BCUT2D eigenvalue weighted by molar-refractivity contribution is 5.40. The van der Waals surface area contributed by atoms with Gasteiger partial charge in [-0.1, -0.05) is 13.8 Å². The summed E-state index contributed by atoms with van der Waals surface area (Å²) in [6.07, 6.45) is 0. The maximum atomic E-state index is 9.08. The summed E-state index contributed by atoms with van der Waals surface area (Å²) in [4.78, 5) is 4.45. The lowest BCUT2D eigenvalue weighted by Gasteiger charge is -2.10. The number of aromatic nitrogens is 1. The van der Waals surface area contributed by atoms with Gasteiger partial charge in [-0.15, -0.1) is 0 Å². The number of rotatable bonds is 4. The van der Waals surface area contributed by atoms with Gasteiger partial charge < -0.3 is 10.4 Å². The minimum absolute atomic E-state index is 0.0701. The topological polar surface area (TPSA) is 45.1 Å². The molecular formula is C11H18N2O. The summed E-state index contributed by atoms with van der Waals surface area (Å²) in [5, 5.41) is 12.2. The number of anilines is 1. The van der Waals surface area contributed by atoms with E-state index in [1.165, 1.54) is 0 Å². The first-order valence-corrected chi connectivity index (χ1v) is 5.03. The first-order chi connectivity index (χ1) is 6.67. The lowest BCUT2D eigenvalue weighted by atomic mass is 10.1. The van der Waals surface area contributed by atoms with Crippen molar-refractivity contribution in [3.05, 3.63) is 23.4 Å². The van der Waals surface area contributed by atoms with Gasteiger partial charge in [0, 0.05) is 12.2 Å². The van der Waals surface area contributed by atoms with E-state index in [0.717, 1.165) is 23.6 Å². The molecule has 0 radical (unpaired) electrons. The van der Waals surface area contributed by atoms with Crippen molar-refractivity contribution < 1.29 is 5.11 Å². The van der Waals surface area contributed by atoms with Gasteiger partial charge in [0.05, 0.1) is 6.61 Å². The van der Waals surface area contributed by atoms with Crippen LogP contribution in [0.4, 0.5) is 5.82 Å². The molecule has 1 rings (SSSR count). The first-order valence-electron chi connectivity index (χ1n) is 5.03. The highest BCUT2D eigenvalue weighted by Gasteiger charge is 2.04. The third-order valence-corrected chi connectivity index (χ3v) is 2.04. The molecule has 0 aromatic carbocycles. The number of pyridine rings is 1. The highest BCUT2D eigenvalue weighted by atomic mass is 16.3. The molecule has 1 heterocycles. The maximum Gasteiger partial charge on any atom is 0.126 e. The Morgan fingerprint density at radius 1 is 1.43 bits per heavy atom. The van der Waals surface area contributed by atoms with E-state index in [4.69, 9.17) is 5.11 Å². The predicted octanol–water partition coefficient (Wildman–Crippen LogP) is 2.13. The molecule has 1 aromatic rings. The normalized spacial score (nSPS) is 10.6. The van der Waals surface area contributed by atoms with Crippen molar-refractivity contribution in [2.75, 3.05) is 11.9 Å². The Balaban J connectivity index is 3.00. The van der Waals surface area contributed by atoms with E-state index >= 15 is 0 Å². The Morgan fingerprint density at radius 3 is 2.64 bits per heavy atom. The zero-order chi connectivity index (χ0) is 10.6. The van der Waals surface area contributed by atoms with Crippen molar-refractivity contribution in [1.29, 1.82) is 0 Å². The van der Waals surface area contributed by atoms with Crippen molar-refractivity contribution in [1.82, 2.24) is 4.98 Å². The van der Waals surface area contributed by atoms with Crippen LogP contribution in [0.1, 0.15) is 37.9 Å². The van der Waals surface area contributed by atoms with Gasteiger partial charge >= 0.3 is 0 Å². The van der Waals surface area contributed by atoms with Crippen LogP contribution in [-0.2, 0) is 6.61 Å². The zero-order valence-corrected chi connectivity index (χ0v) is 9.04. The Hall–Kier alpha value is -1.09. The number of aliphatic hydroxyl groups is 1. The minimum atomic E-state index is 0.0701. The van der Waals surface area contributed by atoms with Crippen LogP contribution in [0.5, 0.6) is 0 Å². The second-order valence-corrected chi connectivity index (χ2v) is 3.63. The smallest absolute Gasteiger partial charge is 0.126 e. The van der Waals surface area contributed by atoms with Gasteiger partial charge in [0.25, 0.3) is 0 Å². The molecule has 2 N–H and O–H groups in total. The van der Waals surface area contributed by atoms with Gasteiger partial charge in [-0.2, -0.15) is 0 Å². The molecule has 3 heteroatoms. The Morgan fingerprint density at radius 2 is 2.14 bits per heavy atom. The van der Waals surface area contributed by atoms with Gasteiger partial charge in [0.15, 0.2) is 0 Å². The molecular weight excluding hydrogens is 176 g/mol. The molecule has 78 valence electrons. The summed E-state index contributed by atoms with van der Waals surface area (Å²) in [5.74, 6) is 1.24. The molecule has 0 aliphatic heterocycles. The molecule has 0 spiro atoms. The van der Waals surface area contributed by atoms with Gasteiger partial charge in [-0.25, -0.2) is 4.98 Å². The zero-order valence-electron chi connectivity index (χ0n) is 9.04. The van der Waals surface area contributed by atoms with Gasteiger partial charge in [0.1, 0.15) is 5.82 Å². The SMILES string of the molecule is CCNc1cc(CO)cc(C(C)C)n1. The average Bonchev–Trinajstić information content (AvgIpc) is 2.17. The van der Waals surface area contributed by atoms with E-state index < -0.39 is 0 Å². The van der Waals surface area contributed by atoms with Crippen molar-refractivity contribution in [2.24, 2.45) is 0 Å². The molecule has 0 bridgehead atoms. The lowest BCUT2D eigenvalue weighted by Crippen LogP contribution is -2.04. The number of aliphatic hydroxyl groups excluding tert-OH is 1. The van der Waals surface area contributed by atoms with E-state index in [2.05, 4.69) is 24.1 Å². The summed E-state index contributed by atoms with van der Waals surface area (Å²) < 4.78 is 0. The van der Waals surface area contributed by atoms with Crippen molar-refractivity contribution in [2.45, 2.75) is 33.3 Å². The van der Waals surface area contributed by atoms with Gasteiger partial charge in [-0.3, -0.25) is 0 Å². The van der Waals surface area contributed by atoms with E-state index in [0.29, 0.717) is 5.92 Å². The second-order valence-electron chi connectivity index (χ2n) is 3.63. The van der Waals surface area contributed by atoms with E-state index in [9.17, 15) is 0 Å². The molecule has 0 fully saturated rings. The number of hydrogen-bond acceptors (Lipinski definition) is 3. The van der Waals surface area contributed by atoms with Crippen LogP contribution in [0.25, 0.3) is 0 Å². The third-order valence-electron chi connectivity index (χ3n) is 2.04. The van der Waals surface area contributed by atoms with E-state index in [1.54, 1.807) is 0 Å². The fourth-order valence-electron chi connectivity index (χ4n) is 1.27. The summed E-state index contributed by atoms with van der Waals surface area (Å²) >= 11 is 0. The summed E-state index contributed by atoms with van der Waals surface area (Å²) in [5.41, 5.74) is 1.94. The molecule has 1 aromatic heterocycles. The lowest BCUT2D eigenvalue weighted by molar-refractivity contribution is 0.281. The number of nitrogens with zero attached hydrogens (tertiary/aromatic N) is 1. The molecule has 3 nitrogen and oxygen atoms in total. The molecule has 0 atom stereocenters. The monoisotopic (exact) mass is 194 g/mol. The number of hydrogen-bond donors (Lipinski definition) is 2. The summed E-state index contributed by atoms with van der Waals surface area (Å²) in [6, 6.07) is 3.83. The predicted molar refractivity (Wildman–Crippen MR) is 58.4 cm³/mol. The minimum Gasteiger partial charge on any atom is -0.392 e. The standard InChI is InChI=1S/C11H18N2O/c1-4-12-11-6-9(7-14)5-10(13-11)8(2)3/h5-6,8,14H,4,7H2,1-3H3,(H,12,13). The molecule has 0 unspecified atom stereocenters. The van der Waals surface area contributed by atoms with Crippen LogP contribution in [0.2, 0.25) is 0 Å². The Bertz CT molecular complexity index is 297. The van der Waals surface area contributed by atoms with Crippen LogP contribution in [-0.4, -0.2) is 16.6 Å². The molecule has 0 aliphatic rings. The summed E-state index contributed by atoms with van der Waals surface area (Å²) in [6.45, 7) is 7.14. The number of nitrogens with one attached hydrogen (secondary N) is 1. The molecule has 0 amide bonds. The largest absolute Gasteiger partial charge is 0.392 e. The Kier molecular flexibility index (Phi) is 3.89. The van der Waals surface area contributed by atoms with Crippen LogP contribution in [0.15, 0.2) is 12.1 Å². The fourth-order valence-corrected chi connectivity index (χ4v) is 1.27. The van der Waals surface area contributed by atoms with Crippen LogP contribution in [0, 0.1) is 0 Å². The fraction of sp³-hybridized carbons (Fsp3) is 0.545. The molecule has 0 aliphatic carbocycles. The van der Waals surface area contributed by atoms with Gasteiger partial charge in [0.2, 0.25) is 0 Å². The van der Waals surface area contributed by atoms with Crippen molar-refractivity contribution >= 4 is 5.82 Å². The molecule has 14 heavy (non-hydrogen) atoms. The van der Waals surface area contributed by atoms with E-state index in [1.807, 2.05) is 19.1 Å². The van der Waals surface area contributed by atoms with E-state index in [-0.39, 0.29) is 6.61 Å². The summed E-state index contributed by atoms with van der Waals surface area (Å²) in [7, 11) is 0. The van der Waals surface area contributed by atoms with Gasteiger partial charge in [-0.05, 0) is 30.5 Å². The van der Waals surface area contributed by atoms with Crippen molar-refractivity contribution in [3.63, 3.8) is 0 Å².